The standard InChI is InChI=1S/C13H21NO/c1-8-9(2)15-10(3)13(8)12(14)7-6-11-4-5-11/h11-12H,4-7,14H2,1-3H3. The van der Waals surface area contributed by atoms with Gasteiger partial charge in [0.2, 0.25) is 0 Å². The molecule has 0 amide bonds. The zero-order valence-electron chi connectivity index (χ0n) is 9.97. The van der Waals surface area contributed by atoms with E-state index in [4.69, 9.17) is 10.2 Å². The zero-order chi connectivity index (χ0) is 11.0. The molecule has 0 bridgehead atoms. The minimum Gasteiger partial charge on any atom is -0.466 e. The van der Waals surface area contributed by atoms with Gasteiger partial charge in [0.05, 0.1) is 0 Å². The molecule has 1 unspecified atom stereocenters. The minimum absolute atomic E-state index is 0.169. The molecule has 84 valence electrons. The summed E-state index contributed by atoms with van der Waals surface area (Å²) in [5.74, 6) is 2.99. The summed E-state index contributed by atoms with van der Waals surface area (Å²) in [4.78, 5) is 0. The number of hydrogen-bond donors (Lipinski definition) is 1. The molecule has 0 aliphatic heterocycles. The van der Waals surface area contributed by atoms with Crippen LogP contribution in [0.2, 0.25) is 0 Å². The molecule has 1 fully saturated rings. The number of nitrogens with two attached hydrogens (primary N) is 1. The Balaban J connectivity index is 2.05. The van der Waals surface area contributed by atoms with Crippen molar-refractivity contribution in [3.05, 3.63) is 22.6 Å². The van der Waals surface area contributed by atoms with Crippen molar-refractivity contribution in [3.63, 3.8) is 0 Å². The van der Waals surface area contributed by atoms with Crippen LogP contribution in [-0.2, 0) is 0 Å². The summed E-state index contributed by atoms with van der Waals surface area (Å²) in [7, 11) is 0. The second-order valence-electron chi connectivity index (χ2n) is 4.88. The fourth-order valence-electron chi connectivity index (χ4n) is 2.32. The third-order valence-electron chi connectivity index (χ3n) is 3.57. The highest BCUT2D eigenvalue weighted by Gasteiger charge is 2.24. The van der Waals surface area contributed by atoms with Crippen LogP contribution in [0.1, 0.15) is 54.4 Å². The van der Waals surface area contributed by atoms with E-state index in [0.29, 0.717) is 0 Å². The average molecular weight is 207 g/mol. The lowest BCUT2D eigenvalue weighted by Crippen LogP contribution is -2.12. The smallest absolute Gasteiger partial charge is 0.106 e. The Morgan fingerprint density at radius 1 is 1.27 bits per heavy atom. The molecule has 1 heterocycles. The van der Waals surface area contributed by atoms with E-state index in [-0.39, 0.29) is 6.04 Å². The first-order chi connectivity index (χ1) is 7.09. The van der Waals surface area contributed by atoms with E-state index in [9.17, 15) is 0 Å². The molecule has 0 aromatic carbocycles. The van der Waals surface area contributed by atoms with Crippen molar-refractivity contribution in [2.45, 2.75) is 52.5 Å². The number of aryl methyl sites for hydroxylation is 2. The van der Waals surface area contributed by atoms with E-state index in [1.807, 2.05) is 13.8 Å². The van der Waals surface area contributed by atoms with Crippen molar-refractivity contribution in [3.8, 4) is 0 Å². The van der Waals surface area contributed by atoms with E-state index < -0.39 is 0 Å². The van der Waals surface area contributed by atoms with Gasteiger partial charge in [-0.1, -0.05) is 12.8 Å². The van der Waals surface area contributed by atoms with Gasteiger partial charge < -0.3 is 10.2 Å². The lowest BCUT2D eigenvalue weighted by Gasteiger charge is -2.11. The van der Waals surface area contributed by atoms with Crippen LogP contribution >= 0.6 is 0 Å². The molecule has 1 saturated carbocycles. The fourth-order valence-corrected chi connectivity index (χ4v) is 2.32. The van der Waals surface area contributed by atoms with Crippen molar-refractivity contribution < 1.29 is 4.42 Å². The quantitative estimate of drug-likeness (QED) is 0.822. The number of hydrogen-bond acceptors (Lipinski definition) is 2. The van der Waals surface area contributed by atoms with Crippen LogP contribution in [0.15, 0.2) is 4.42 Å². The Morgan fingerprint density at radius 2 is 1.93 bits per heavy atom. The highest BCUT2D eigenvalue weighted by Crippen LogP contribution is 2.36. The largest absolute Gasteiger partial charge is 0.466 e. The van der Waals surface area contributed by atoms with Crippen LogP contribution in [0.3, 0.4) is 0 Å². The first kappa shape index (κ1) is 10.7. The Kier molecular flexibility index (Phi) is 2.87. The molecule has 1 aromatic rings. The normalized spacial score (nSPS) is 18.1. The first-order valence-electron chi connectivity index (χ1n) is 5.91. The lowest BCUT2D eigenvalue weighted by atomic mass is 9.98. The maximum Gasteiger partial charge on any atom is 0.106 e. The summed E-state index contributed by atoms with van der Waals surface area (Å²) >= 11 is 0. The Morgan fingerprint density at radius 3 is 2.40 bits per heavy atom. The molecule has 2 rings (SSSR count). The summed E-state index contributed by atoms with van der Waals surface area (Å²) < 4.78 is 5.61. The Labute approximate surface area is 91.8 Å². The molecule has 1 aliphatic carbocycles. The third-order valence-corrected chi connectivity index (χ3v) is 3.57. The summed E-state index contributed by atoms with van der Waals surface area (Å²) in [5, 5.41) is 0. The Hall–Kier alpha value is -0.760. The summed E-state index contributed by atoms with van der Waals surface area (Å²) in [5.41, 5.74) is 8.72. The predicted octanol–water partition coefficient (Wildman–Crippen LogP) is 3.39. The summed E-state index contributed by atoms with van der Waals surface area (Å²) in [6, 6.07) is 0.169. The van der Waals surface area contributed by atoms with Crippen molar-refractivity contribution in [1.29, 1.82) is 0 Å². The summed E-state index contributed by atoms with van der Waals surface area (Å²) in [6.45, 7) is 6.14. The topological polar surface area (TPSA) is 39.2 Å². The van der Waals surface area contributed by atoms with Gasteiger partial charge in [-0.05, 0) is 45.1 Å². The highest BCUT2D eigenvalue weighted by molar-refractivity contribution is 5.33. The first-order valence-corrected chi connectivity index (χ1v) is 5.91. The van der Waals surface area contributed by atoms with Crippen LogP contribution in [0.5, 0.6) is 0 Å². The molecule has 15 heavy (non-hydrogen) atoms. The van der Waals surface area contributed by atoms with E-state index in [0.717, 1.165) is 23.9 Å². The molecular formula is C13H21NO. The maximum atomic E-state index is 6.23. The number of rotatable bonds is 4. The van der Waals surface area contributed by atoms with Crippen molar-refractivity contribution in [2.75, 3.05) is 0 Å². The average Bonchev–Trinajstić information content (AvgIpc) is 2.94. The van der Waals surface area contributed by atoms with Gasteiger partial charge in [0.1, 0.15) is 11.5 Å². The van der Waals surface area contributed by atoms with Gasteiger partial charge in [-0.3, -0.25) is 0 Å². The van der Waals surface area contributed by atoms with Gasteiger partial charge in [-0.15, -0.1) is 0 Å². The van der Waals surface area contributed by atoms with Gasteiger partial charge >= 0.3 is 0 Å². The third kappa shape index (κ3) is 2.25. The Bertz CT molecular complexity index is 350. The van der Waals surface area contributed by atoms with Gasteiger partial charge in [-0.2, -0.15) is 0 Å². The van der Waals surface area contributed by atoms with Crippen LogP contribution < -0.4 is 5.73 Å². The molecule has 2 N–H and O–H groups in total. The minimum atomic E-state index is 0.169. The lowest BCUT2D eigenvalue weighted by molar-refractivity contribution is 0.491. The molecular weight excluding hydrogens is 186 g/mol. The molecule has 2 nitrogen and oxygen atoms in total. The van der Waals surface area contributed by atoms with Gasteiger partial charge in [-0.25, -0.2) is 0 Å². The van der Waals surface area contributed by atoms with Crippen molar-refractivity contribution >= 4 is 0 Å². The molecule has 1 atom stereocenters. The van der Waals surface area contributed by atoms with Crippen molar-refractivity contribution in [1.82, 2.24) is 0 Å². The molecule has 2 heteroatoms. The van der Waals surface area contributed by atoms with Gasteiger partial charge in [0.15, 0.2) is 0 Å². The fraction of sp³-hybridized carbons (Fsp3) is 0.692. The predicted molar refractivity (Wildman–Crippen MR) is 61.8 cm³/mol. The maximum absolute atomic E-state index is 6.23. The number of furan rings is 1. The van der Waals surface area contributed by atoms with E-state index >= 15 is 0 Å². The highest BCUT2D eigenvalue weighted by atomic mass is 16.3. The molecule has 0 spiro atoms. The monoisotopic (exact) mass is 207 g/mol. The molecule has 0 saturated heterocycles. The van der Waals surface area contributed by atoms with Gasteiger partial charge in [0, 0.05) is 11.6 Å². The van der Waals surface area contributed by atoms with Crippen LogP contribution in [-0.4, -0.2) is 0 Å². The summed E-state index contributed by atoms with van der Waals surface area (Å²) in [6.07, 6.45) is 5.21. The van der Waals surface area contributed by atoms with E-state index in [2.05, 4.69) is 6.92 Å². The second-order valence-corrected chi connectivity index (χ2v) is 4.88. The molecule has 1 aromatic heterocycles. The molecule has 1 aliphatic rings. The zero-order valence-corrected chi connectivity index (χ0v) is 9.97. The van der Waals surface area contributed by atoms with Crippen LogP contribution in [0, 0.1) is 26.7 Å². The van der Waals surface area contributed by atoms with Gasteiger partial charge in [0.25, 0.3) is 0 Å². The van der Waals surface area contributed by atoms with Crippen LogP contribution in [0.4, 0.5) is 0 Å². The SMILES string of the molecule is Cc1oc(C)c(C(N)CCC2CC2)c1C. The second kappa shape index (κ2) is 4.01. The molecule has 0 radical (unpaired) electrons. The van der Waals surface area contributed by atoms with E-state index in [1.165, 1.54) is 30.4 Å². The van der Waals surface area contributed by atoms with E-state index in [1.54, 1.807) is 0 Å². The van der Waals surface area contributed by atoms with Crippen LogP contribution in [0.25, 0.3) is 0 Å². The van der Waals surface area contributed by atoms with Crippen molar-refractivity contribution in [2.24, 2.45) is 11.7 Å².